The highest BCUT2D eigenvalue weighted by Gasteiger charge is 2.61. The zero-order chi connectivity index (χ0) is 47.1. The van der Waals surface area contributed by atoms with E-state index in [1.54, 1.807) is 0 Å². The molecule has 0 bridgehead atoms. The van der Waals surface area contributed by atoms with E-state index in [0.717, 1.165) is 64.5 Å². The summed E-state index contributed by atoms with van der Waals surface area (Å²) in [5.41, 5.74) is 5.66. The smallest absolute Gasteiger partial charge is 0.324 e. The maximum Gasteiger partial charge on any atom is 0.324 e. The lowest BCUT2D eigenvalue weighted by Crippen LogP contribution is -2.67. The summed E-state index contributed by atoms with van der Waals surface area (Å²) in [5.74, 6) is -0.101. The molecule has 0 rings (SSSR count). The van der Waals surface area contributed by atoms with Crippen molar-refractivity contribution in [1.29, 1.82) is 0 Å². The van der Waals surface area contributed by atoms with E-state index in [4.69, 9.17) is 5.73 Å². The van der Waals surface area contributed by atoms with E-state index in [0.29, 0.717) is 12.5 Å². The number of carbonyl (C=O) groups is 1. The van der Waals surface area contributed by atoms with Gasteiger partial charge in [0.15, 0.2) is 0 Å². The van der Waals surface area contributed by atoms with Crippen molar-refractivity contribution in [1.82, 2.24) is 4.90 Å². The van der Waals surface area contributed by atoms with Crippen molar-refractivity contribution in [2.75, 3.05) is 19.6 Å². The molecule has 0 amide bonds. The highest BCUT2D eigenvalue weighted by molar-refractivity contribution is 5.80. The van der Waals surface area contributed by atoms with Crippen LogP contribution < -0.4 is 5.73 Å². The van der Waals surface area contributed by atoms with Crippen molar-refractivity contribution >= 4 is 5.97 Å². The lowest BCUT2D eigenvalue weighted by molar-refractivity contribution is -0.175. The first-order valence-electron chi connectivity index (χ1n) is 30.1. The van der Waals surface area contributed by atoms with Crippen molar-refractivity contribution in [3.05, 3.63) is 0 Å². The minimum atomic E-state index is -0.841. The van der Waals surface area contributed by atoms with Gasteiger partial charge in [-0.05, 0) is 70.5 Å². The molecule has 0 aliphatic carbocycles. The SMILES string of the molecule is CCCCCCCCCC(CCN)C(CCCCCCCCC)(CCCCCCCCC)[C@@](CCCCCCCCC)(C(=O)O)N(CCCCCCCCC)CCCCCCCCC. The largest absolute Gasteiger partial charge is 0.480 e. The molecule has 1 unspecified atom stereocenters. The second kappa shape index (κ2) is 47.5. The molecule has 3 N–H and O–H groups in total. The van der Waals surface area contributed by atoms with E-state index in [1.165, 1.54) is 250 Å². The Morgan fingerprint density at radius 1 is 0.375 bits per heavy atom. The van der Waals surface area contributed by atoms with Crippen LogP contribution in [0, 0.1) is 11.3 Å². The number of nitrogens with two attached hydrogens (primary N) is 1. The summed E-state index contributed by atoms with van der Waals surface area (Å²) >= 11 is 0. The van der Waals surface area contributed by atoms with Crippen LogP contribution in [0.2, 0.25) is 0 Å². The van der Waals surface area contributed by atoms with Gasteiger partial charge in [0.05, 0.1) is 0 Å². The molecular formula is C60H122N2O2. The highest BCUT2D eigenvalue weighted by Crippen LogP contribution is 2.56. The van der Waals surface area contributed by atoms with Crippen LogP contribution in [0.25, 0.3) is 0 Å². The zero-order valence-electron chi connectivity index (χ0n) is 45.3. The number of rotatable bonds is 54. The standard InChI is InChI=1S/C60H122N2O2/c1-7-13-19-25-31-37-43-49-57(50-54-61)59(51-44-38-32-26-20-14-8-2,52-45-39-33-27-21-15-9-3)60(58(63)64,53-46-40-34-28-22-16-10-4)62(55-47-41-35-29-23-17-11-5)56-48-42-36-30-24-18-12-6/h57H,7-56,61H2,1-6H3,(H,63,64)/t57?,60-/m1/s1. The second-order valence-corrected chi connectivity index (χ2v) is 21.3. The number of aliphatic carboxylic acids is 1. The van der Waals surface area contributed by atoms with Crippen LogP contribution in [0.4, 0.5) is 0 Å². The third-order valence-electron chi connectivity index (χ3n) is 15.8. The third kappa shape index (κ3) is 30.0. The Hall–Kier alpha value is -0.610. The Morgan fingerprint density at radius 2 is 0.641 bits per heavy atom. The molecule has 64 heavy (non-hydrogen) atoms. The number of carboxylic acids is 1. The zero-order valence-corrected chi connectivity index (χ0v) is 45.3. The summed E-state index contributed by atoms with van der Waals surface area (Å²) in [7, 11) is 0. The molecule has 0 heterocycles. The predicted molar refractivity (Wildman–Crippen MR) is 288 cm³/mol. The molecule has 0 saturated carbocycles. The van der Waals surface area contributed by atoms with Crippen LogP contribution >= 0.6 is 0 Å². The number of hydrogen-bond donors (Lipinski definition) is 2. The monoisotopic (exact) mass is 903 g/mol. The van der Waals surface area contributed by atoms with Crippen molar-refractivity contribution < 1.29 is 9.90 Å². The first-order valence-corrected chi connectivity index (χ1v) is 30.1. The van der Waals surface area contributed by atoms with Crippen LogP contribution in [-0.4, -0.2) is 41.1 Å². The molecule has 0 saturated heterocycles. The predicted octanol–water partition coefficient (Wildman–Crippen LogP) is 20.1. The summed E-state index contributed by atoms with van der Waals surface area (Å²) in [4.78, 5) is 18.0. The van der Waals surface area contributed by atoms with Gasteiger partial charge < -0.3 is 10.8 Å². The normalized spacial score (nSPS) is 13.6. The quantitative estimate of drug-likeness (QED) is 0.0597. The van der Waals surface area contributed by atoms with Crippen LogP contribution in [0.15, 0.2) is 0 Å². The van der Waals surface area contributed by atoms with Gasteiger partial charge >= 0.3 is 5.97 Å². The average Bonchev–Trinajstić information content (AvgIpc) is 3.29. The van der Waals surface area contributed by atoms with Crippen molar-refractivity contribution in [3.8, 4) is 0 Å². The van der Waals surface area contributed by atoms with Gasteiger partial charge in [0, 0.05) is 5.41 Å². The van der Waals surface area contributed by atoms with Crippen LogP contribution in [0.5, 0.6) is 0 Å². The molecule has 384 valence electrons. The van der Waals surface area contributed by atoms with Gasteiger partial charge in [-0.2, -0.15) is 0 Å². The van der Waals surface area contributed by atoms with Gasteiger partial charge in [-0.3, -0.25) is 9.69 Å². The first-order chi connectivity index (χ1) is 31.4. The minimum Gasteiger partial charge on any atom is -0.480 e. The molecule has 0 radical (unpaired) electrons. The van der Waals surface area contributed by atoms with E-state index in [2.05, 4.69) is 46.4 Å². The Balaban J connectivity index is 7.54. The fraction of sp³-hybridized carbons (Fsp3) is 0.983. The summed E-state index contributed by atoms with van der Waals surface area (Å²) in [6, 6.07) is 0. The Morgan fingerprint density at radius 3 is 0.938 bits per heavy atom. The summed E-state index contributed by atoms with van der Waals surface area (Å²) in [6.45, 7) is 16.5. The third-order valence-corrected chi connectivity index (χ3v) is 15.8. The summed E-state index contributed by atoms with van der Waals surface area (Å²) in [5, 5.41) is 12.5. The lowest BCUT2D eigenvalue weighted by atomic mass is 9.53. The first kappa shape index (κ1) is 63.4. The van der Waals surface area contributed by atoms with E-state index in [1.807, 2.05) is 0 Å². The second-order valence-electron chi connectivity index (χ2n) is 21.3. The van der Waals surface area contributed by atoms with E-state index < -0.39 is 11.5 Å². The maximum atomic E-state index is 15.3. The Labute approximate surface area is 404 Å². The van der Waals surface area contributed by atoms with Gasteiger partial charge in [0.1, 0.15) is 5.54 Å². The van der Waals surface area contributed by atoms with Gasteiger partial charge in [-0.15, -0.1) is 0 Å². The topological polar surface area (TPSA) is 66.6 Å². The Kier molecular flexibility index (Phi) is 47.0. The number of unbranched alkanes of at least 4 members (excludes halogenated alkanes) is 36. The van der Waals surface area contributed by atoms with Gasteiger partial charge in [0.25, 0.3) is 0 Å². The lowest BCUT2D eigenvalue weighted by Gasteiger charge is -2.58. The molecule has 4 heteroatoms. The molecule has 0 fully saturated rings. The van der Waals surface area contributed by atoms with Crippen molar-refractivity contribution in [3.63, 3.8) is 0 Å². The molecule has 0 aliphatic heterocycles. The molecule has 4 nitrogen and oxygen atoms in total. The molecule has 2 atom stereocenters. The van der Waals surface area contributed by atoms with E-state index in [-0.39, 0.29) is 5.41 Å². The van der Waals surface area contributed by atoms with Crippen molar-refractivity contribution in [2.45, 2.75) is 349 Å². The fourth-order valence-corrected chi connectivity index (χ4v) is 11.9. The number of carboxylic acid groups (broad SMARTS) is 1. The van der Waals surface area contributed by atoms with Gasteiger partial charge in [-0.1, -0.05) is 298 Å². The average molecular weight is 904 g/mol. The fourth-order valence-electron chi connectivity index (χ4n) is 11.9. The van der Waals surface area contributed by atoms with Gasteiger partial charge in [0.2, 0.25) is 0 Å². The molecule has 0 aromatic rings. The van der Waals surface area contributed by atoms with Crippen LogP contribution in [0.3, 0.4) is 0 Å². The molecule has 0 aliphatic rings. The van der Waals surface area contributed by atoms with Crippen molar-refractivity contribution in [2.24, 2.45) is 17.1 Å². The molecule has 0 spiro atoms. The number of hydrogen-bond acceptors (Lipinski definition) is 3. The molecule has 0 aromatic heterocycles. The minimum absolute atomic E-state index is 0.266. The number of nitrogens with zero attached hydrogens (tertiary/aromatic N) is 1. The molecular weight excluding hydrogens is 781 g/mol. The Bertz CT molecular complexity index is 903. The summed E-state index contributed by atoms with van der Waals surface area (Å²) < 4.78 is 0. The van der Waals surface area contributed by atoms with E-state index in [9.17, 15) is 5.11 Å². The van der Waals surface area contributed by atoms with Crippen LogP contribution in [-0.2, 0) is 4.79 Å². The highest BCUT2D eigenvalue weighted by atomic mass is 16.4. The van der Waals surface area contributed by atoms with Crippen LogP contribution in [0.1, 0.15) is 343 Å². The summed E-state index contributed by atoms with van der Waals surface area (Å²) in [6.07, 6.45) is 58.9. The molecule has 0 aromatic carbocycles. The van der Waals surface area contributed by atoms with Gasteiger partial charge in [-0.25, -0.2) is 0 Å². The van der Waals surface area contributed by atoms with E-state index >= 15 is 4.79 Å². The maximum absolute atomic E-state index is 15.3.